The summed E-state index contributed by atoms with van der Waals surface area (Å²) in [5.74, 6) is 1.33. The fourth-order valence-corrected chi connectivity index (χ4v) is 5.86. The number of nitrogens with one attached hydrogen (secondary N) is 1. The molecule has 0 radical (unpaired) electrons. The van der Waals surface area contributed by atoms with Crippen molar-refractivity contribution < 1.29 is 17.9 Å². The monoisotopic (exact) mass is 472 g/mol. The van der Waals surface area contributed by atoms with Crippen molar-refractivity contribution in [2.24, 2.45) is 0 Å². The molecule has 9 heteroatoms. The smallest absolute Gasteiger partial charge is 0.250 e. The van der Waals surface area contributed by atoms with Crippen molar-refractivity contribution in [3.63, 3.8) is 0 Å². The summed E-state index contributed by atoms with van der Waals surface area (Å²) in [6.45, 7) is 0.231. The van der Waals surface area contributed by atoms with Gasteiger partial charge < -0.3 is 9.47 Å². The largest absolute Gasteiger partial charge is 0.493 e. The molecular weight excluding hydrogens is 452 g/mol. The Hall–Kier alpha value is -2.72. The van der Waals surface area contributed by atoms with E-state index in [-0.39, 0.29) is 6.54 Å². The zero-order valence-corrected chi connectivity index (χ0v) is 19.3. The number of nitrogens with zero attached hydrogens (tertiary/aromatic N) is 1. The van der Waals surface area contributed by atoms with Gasteiger partial charge in [-0.1, -0.05) is 30.3 Å². The normalized spacial score (nSPS) is 11.4. The van der Waals surface area contributed by atoms with Crippen molar-refractivity contribution >= 4 is 32.7 Å². The highest BCUT2D eigenvalue weighted by Crippen LogP contribution is 2.34. The van der Waals surface area contributed by atoms with Crippen LogP contribution in [0.4, 0.5) is 0 Å². The van der Waals surface area contributed by atoms with Gasteiger partial charge in [0.2, 0.25) is 10.0 Å². The molecule has 0 aliphatic heterocycles. The molecule has 1 N–H and O–H groups in total. The van der Waals surface area contributed by atoms with E-state index in [0.717, 1.165) is 27.4 Å². The maximum atomic E-state index is 12.3. The molecule has 0 aliphatic carbocycles. The van der Waals surface area contributed by atoms with E-state index in [1.165, 1.54) is 11.3 Å². The molecule has 0 unspecified atom stereocenters. The van der Waals surface area contributed by atoms with Crippen LogP contribution in [0.2, 0.25) is 0 Å². The van der Waals surface area contributed by atoms with Gasteiger partial charge >= 0.3 is 0 Å². The average molecular weight is 473 g/mol. The Balaban J connectivity index is 1.47. The van der Waals surface area contributed by atoms with Gasteiger partial charge in [0.1, 0.15) is 9.22 Å². The molecule has 2 aromatic carbocycles. The van der Waals surface area contributed by atoms with Gasteiger partial charge in [-0.05, 0) is 35.2 Å². The summed E-state index contributed by atoms with van der Waals surface area (Å²) in [6, 6.07) is 16.7. The minimum absolute atomic E-state index is 0.231. The summed E-state index contributed by atoms with van der Waals surface area (Å²) >= 11 is 2.75. The lowest BCUT2D eigenvalue weighted by Gasteiger charge is -2.08. The van der Waals surface area contributed by atoms with Crippen LogP contribution in [0.15, 0.2) is 69.6 Å². The lowest BCUT2D eigenvalue weighted by atomic mass is 10.1. The number of sulfonamides is 1. The number of benzene rings is 2. The van der Waals surface area contributed by atoms with E-state index < -0.39 is 10.0 Å². The molecule has 0 fully saturated rings. The summed E-state index contributed by atoms with van der Waals surface area (Å²) in [5.41, 5.74) is 3.65. The number of ether oxygens (including phenoxy) is 2. The van der Waals surface area contributed by atoms with Gasteiger partial charge in [-0.15, -0.1) is 22.7 Å². The Labute approximate surface area is 189 Å². The van der Waals surface area contributed by atoms with Crippen LogP contribution in [0, 0.1) is 0 Å². The van der Waals surface area contributed by atoms with Crippen molar-refractivity contribution in [2.45, 2.75) is 10.8 Å². The van der Waals surface area contributed by atoms with Crippen LogP contribution in [0.5, 0.6) is 11.5 Å². The summed E-state index contributed by atoms with van der Waals surface area (Å²) in [4.78, 5) is 4.74. The Morgan fingerprint density at radius 1 is 0.935 bits per heavy atom. The van der Waals surface area contributed by atoms with Gasteiger partial charge in [0.25, 0.3) is 0 Å². The standard InChI is InChI=1S/C22H20N2O4S3/c1-27-19-10-9-17(12-20(19)28-2)18-14-30-22(24-18)16-7-5-15(6-8-16)13-23-31(25,26)21-4-3-11-29-21/h3-12,14,23H,13H2,1-2H3. The summed E-state index contributed by atoms with van der Waals surface area (Å²) < 4.78 is 38.1. The van der Waals surface area contributed by atoms with E-state index in [1.54, 1.807) is 43.1 Å². The molecule has 4 rings (SSSR count). The SMILES string of the molecule is COc1ccc(-c2csc(-c3ccc(CNS(=O)(=O)c4cccs4)cc3)n2)cc1OC. The van der Waals surface area contributed by atoms with Crippen molar-refractivity contribution in [1.29, 1.82) is 0 Å². The topological polar surface area (TPSA) is 77.5 Å². The first-order chi connectivity index (χ1) is 15.0. The molecule has 0 saturated heterocycles. The Morgan fingerprint density at radius 3 is 2.35 bits per heavy atom. The molecule has 2 aromatic heterocycles. The first-order valence-corrected chi connectivity index (χ1v) is 12.5. The first-order valence-electron chi connectivity index (χ1n) is 9.30. The summed E-state index contributed by atoms with van der Waals surface area (Å²) in [6.07, 6.45) is 0. The fraction of sp³-hybridized carbons (Fsp3) is 0.136. The average Bonchev–Trinajstić information content (AvgIpc) is 3.51. The third-order valence-electron chi connectivity index (χ3n) is 4.61. The summed E-state index contributed by atoms with van der Waals surface area (Å²) in [7, 11) is -0.263. The van der Waals surface area contributed by atoms with Gasteiger partial charge in [0.15, 0.2) is 11.5 Å². The van der Waals surface area contributed by atoms with Crippen LogP contribution in [-0.2, 0) is 16.6 Å². The van der Waals surface area contributed by atoms with Gasteiger partial charge in [-0.3, -0.25) is 0 Å². The summed E-state index contributed by atoms with van der Waals surface area (Å²) in [5, 5.41) is 4.63. The van der Waals surface area contributed by atoms with E-state index in [2.05, 4.69) is 4.72 Å². The zero-order chi connectivity index (χ0) is 21.8. The van der Waals surface area contributed by atoms with Crippen molar-refractivity contribution in [1.82, 2.24) is 9.71 Å². The number of aromatic nitrogens is 1. The lowest BCUT2D eigenvalue weighted by Crippen LogP contribution is -2.22. The molecule has 160 valence electrons. The van der Waals surface area contributed by atoms with Crippen molar-refractivity contribution in [2.75, 3.05) is 14.2 Å². The van der Waals surface area contributed by atoms with E-state index in [0.29, 0.717) is 15.7 Å². The van der Waals surface area contributed by atoms with E-state index in [1.807, 2.05) is 47.8 Å². The van der Waals surface area contributed by atoms with Crippen LogP contribution in [0.3, 0.4) is 0 Å². The zero-order valence-electron chi connectivity index (χ0n) is 16.9. The number of hydrogen-bond acceptors (Lipinski definition) is 7. The third kappa shape index (κ3) is 4.80. The molecular formula is C22H20N2O4S3. The quantitative estimate of drug-likeness (QED) is 0.389. The minimum atomic E-state index is -3.48. The maximum absolute atomic E-state index is 12.3. The second kappa shape index (κ2) is 9.19. The predicted octanol–water partition coefficient (Wildman–Crippen LogP) is 5.03. The Kier molecular flexibility index (Phi) is 6.38. The number of rotatable bonds is 8. The van der Waals surface area contributed by atoms with E-state index in [9.17, 15) is 8.42 Å². The molecule has 0 aliphatic rings. The highest BCUT2D eigenvalue weighted by molar-refractivity contribution is 7.91. The molecule has 2 heterocycles. The second-order valence-electron chi connectivity index (χ2n) is 6.56. The Bertz CT molecular complexity index is 1260. The molecule has 0 bridgehead atoms. The molecule has 31 heavy (non-hydrogen) atoms. The third-order valence-corrected chi connectivity index (χ3v) is 8.30. The number of hydrogen-bond donors (Lipinski definition) is 1. The molecule has 0 atom stereocenters. The van der Waals surface area contributed by atoms with Crippen LogP contribution in [0.1, 0.15) is 5.56 Å². The van der Waals surface area contributed by atoms with E-state index in [4.69, 9.17) is 14.5 Å². The molecule has 0 saturated carbocycles. The molecule has 0 amide bonds. The van der Waals surface area contributed by atoms with Crippen molar-refractivity contribution in [3.05, 3.63) is 70.9 Å². The van der Waals surface area contributed by atoms with E-state index >= 15 is 0 Å². The number of thiazole rings is 1. The van der Waals surface area contributed by atoms with Gasteiger partial charge in [0.05, 0.1) is 19.9 Å². The van der Waals surface area contributed by atoms with Crippen LogP contribution >= 0.6 is 22.7 Å². The van der Waals surface area contributed by atoms with Gasteiger partial charge in [0, 0.05) is 23.1 Å². The highest BCUT2D eigenvalue weighted by atomic mass is 32.2. The number of methoxy groups -OCH3 is 2. The van der Waals surface area contributed by atoms with Crippen LogP contribution in [-0.4, -0.2) is 27.6 Å². The molecule has 0 spiro atoms. The lowest BCUT2D eigenvalue weighted by molar-refractivity contribution is 0.355. The maximum Gasteiger partial charge on any atom is 0.250 e. The van der Waals surface area contributed by atoms with Gasteiger partial charge in [-0.2, -0.15) is 0 Å². The first kappa shape index (κ1) is 21.5. The fourth-order valence-electron chi connectivity index (χ4n) is 2.97. The molecule has 6 nitrogen and oxygen atoms in total. The van der Waals surface area contributed by atoms with Crippen LogP contribution in [0.25, 0.3) is 21.8 Å². The Morgan fingerprint density at radius 2 is 1.68 bits per heavy atom. The minimum Gasteiger partial charge on any atom is -0.493 e. The number of thiophene rings is 1. The van der Waals surface area contributed by atoms with Crippen molar-refractivity contribution in [3.8, 4) is 33.3 Å². The molecule has 4 aromatic rings. The van der Waals surface area contributed by atoms with Crippen LogP contribution < -0.4 is 14.2 Å². The predicted molar refractivity (Wildman–Crippen MR) is 124 cm³/mol. The second-order valence-corrected chi connectivity index (χ2v) is 10.4. The van der Waals surface area contributed by atoms with Gasteiger partial charge in [-0.25, -0.2) is 18.1 Å². The highest BCUT2D eigenvalue weighted by Gasteiger charge is 2.15.